The van der Waals surface area contributed by atoms with Crippen LogP contribution in [0.2, 0.25) is 0 Å². The van der Waals surface area contributed by atoms with Crippen LogP contribution in [0.3, 0.4) is 0 Å². The van der Waals surface area contributed by atoms with Crippen molar-refractivity contribution in [3.63, 3.8) is 0 Å². The van der Waals surface area contributed by atoms with Gasteiger partial charge in [0.2, 0.25) is 0 Å². The molecule has 19 heavy (non-hydrogen) atoms. The molecule has 0 aliphatic rings. The summed E-state index contributed by atoms with van der Waals surface area (Å²) in [6.45, 7) is 3.15. The summed E-state index contributed by atoms with van der Waals surface area (Å²) in [5.41, 5.74) is -0.846. The van der Waals surface area contributed by atoms with Crippen molar-refractivity contribution >= 4 is 11.9 Å². The van der Waals surface area contributed by atoms with Crippen molar-refractivity contribution in [3.8, 4) is 0 Å². The van der Waals surface area contributed by atoms with Crippen LogP contribution in [-0.2, 0) is 14.3 Å². The molecule has 0 radical (unpaired) electrons. The summed E-state index contributed by atoms with van der Waals surface area (Å²) in [7, 11) is 0. The molecule has 112 valence electrons. The summed E-state index contributed by atoms with van der Waals surface area (Å²) < 4.78 is 41.8. The van der Waals surface area contributed by atoms with Crippen molar-refractivity contribution < 1.29 is 32.6 Å². The summed E-state index contributed by atoms with van der Waals surface area (Å²) in [6.07, 6.45) is -5.11. The van der Waals surface area contributed by atoms with Crippen molar-refractivity contribution in [2.24, 2.45) is 0 Å². The monoisotopic (exact) mass is 285 g/mol. The zero-order chi connectivity index (χ0) is 15.3. The van der Waals surface area contributed by atoms with E-state index in [0.717, 1.165) is 0 Å². The van der Waals surface area contributed by atoms with Gasteiger partial charge in [0.25, 0.3) is 0 Å². The number of halogens is 3. The maximum atomic E-state index is 12.3. The van der Waals surface area contributed by atoms with Gasteiger partial charge in [-0.05, 0) is 27.2 Å². The Kier molecular flexibility index (Phi) is 6.28. The number of hydrogen-bond donors (Lipinski definition) is 1. The molecule has 0 atom stereocenters. The number of rotatable bonds is 5. The molecule has 0 aliphatic heterocycles. The predicted molar refractivity (Wildman–Crippen MR) is 60.2 cm³/mol. The predicted octanol–water partition coefficient (Wildman–Crippen LogP) is 1.10. The molecule has 8 heteroatoms. The van der Waals surface area contributed by atoms with Gasteiger partial charge in [-0.15, -0.1) is 0 Å². The number of carbonyl (C=O) groups excluding carboxylic acids is 2. The second kappa shape index (κ2) is 6.74. The molecule has 0 aromatic rings. The van der Waals surface area contributed by atoms with E-state index in [9.17, 15) is 22.8 Å². The van der Waals surface area contributed by atoms with Gasteiger partial charge in [0.1, 0.15) is 12.1 Å². The lowest BCUT2D eigenvalue weighted by Crippen LogP contribution is -2.45. The number of aliphatic hydroxyl groups excluding tert-OH is 1. The standard InChI is InChI=1S/C11H18F3NO4/c1-10(2,3)19-8(17)7-15(5-4-6-16)9(18)11(12,13)14/h16H,4-7H2,1-3H3. The number of amides is 1. The zero-order valence-corrected chi connectivity index (χ0v) is 11.1. The fourth-order valence-electron chi connectivity index (χ4n) is 1.22. The highest BCUT2D eigenvalue weighted by Crippen LogP contribution is 2.19. The second-order valence-corrected chi connectivity index (χ2v) is 4.89. The number of hydrogen-bond acceptors (Lipinski definition) is 4. The average Bonchev–Trinajstić information content (AvgIpc) is 2.19. The Morgan fingerprint density at radius 1 is 1.21 bits per heavy atom. The minimum Gasteiger partial charge on any atom is -0.459 e. The van der Waals surface area contributed by atoms with E-state index in [-0.39, 0.29) is 19.6 Å². The molecule has 0 saturated heterocycles. The van der Waals surface area contributed by atoms with Crippen molar-refractivity contribution in [1.82, 2.24) is 4.90 Å². The number of esters is 1. The molecule has 0 aromatic carbocycles. The maximum Gasteiger partial charge on any atom is 0.471 e. The average molecular weight is 285 g/mol. The van der Waals surface area contributed by atoms with Gasteiger partial charge in [0.05, 0.1) is 0 Å². The third-order valence-electron chi connectivity index (χ3n) is 1.86. The fraction of sp³-hybridized carbons (Fsp3) is 0.818. The van der Waals surface area contributed by atoms with E-state index < -0.39 is 30.2 Å². The Balaban J connectivity index is 4.69. The molecule has 0 aliphatic carbocycles. The summed E-state index contributed by atoms with van der Waals surface area (Å²) in [6, 6.07) is 0. The van der Waals surface area contributed by atoms with Crippen molar-refractivity contribution in [2.45, 2.75) is 39.0 Å². The number of alkyl halides is 3. The van der Waals surface area contributed by atoms with Crippen LogP contribution in [0.25, 0.3) is 0 Å². The Morgan fingerprint density at radius 3 is 2.11 bits per heavy atom. The summed E-state index contributed by atoms with van der Waals surface area (Å²) >= 11 is 0. The first kappa shape index (κ1) is 17.7. The second-order valence-electron chi connectivity index (χ2n) is 4.89. The van der Waals surface area contributed by atoms with Gasteiger partial charge in [0.15, 0.2) is 0 Å². The molecule has 5 nitrogen and oxygen atoms in total. The van der Waals surface area contributed by atoms with Gasteiger partial charge in [-0.2, -0.15) is 13.2 Å². The number of ether oxygens (including phenoxy) is 1. The van der Waals surface area contributed by atoms with Crippen molar-refractivity contribution in [3.05, 3.63) is 0 Å². The summed E-state index contributed by atoms with van der Waals surface area (Å²) in [5, 5.41) is 8.58. The fourth-order valence-corrected chi connectivity index (χ4v) is 1.22. The number of carbonyl (C=O) groups is 2. The minimum absolute atomic E-state index is 0.0510. The first-order valence-electron chi connectivity index (χ1n) is 5.66. The molecule has 1 N–H and O–H groups in total. The topological polar surface area (TPSA) is 66.8 Å². The molecule has 0 bridgehead atoms. The smallest absolute Gasteiger partial charge is 0.459 e. The van der Waals surface area contributed by atoms with Gasteiger partial charge in [0, 0.05) is 13.2 Å². The van der Waals surface area contributed by atoms with Crippen molar-refractivity contribution in [1.29, 1.82) is 0 Å². The molecular formula is C11H18F3NO4. The molecule has 0 heterocycles. The lowest BCUT2D eigenvalue weighted by molar-refractivity contribution is -0.188. The van der Waals surface area contributed by atoms with Crippen LogP contribution in [-0.4, -0.2) is 53.4 Å². The number of aliphatic hydroxyl groups is 1. The van der Waals surface area contributed by atoms with E-state index in [0.29, 0.717) is 4.90 Å². The van der Waals surface area contributed by atoms with Crippen LogP contribution in [0.15, 0.2) is 0 Å². The third-order valence-corrected chi connectivity index (χ3v) is 1.86. The SMILES string of the molecule is CC(C)(C)OC(=O)CN(CCCO)C(=O)C(F)(F)F. The molecule has 0 spiro atoms. The number of nitrogens with zero attached hydrogens (tertiary/aromatic N) is 1. The molecule has 0 saturated carbocycles. The van der Waals surface area contributed by atoms with Gasteiger partial charge >= 0.3 is 18.1 Å². The van der Waals surface area contributed by atoms with Crippen LogP contribution in [0, 0.1) is 0 Å². The van der Waals surface area contributed by atoms with Crippen LogP contribution < -0.4 is 0 Å². The maximum absolute atomic E-state index is 12.3. The molecule has 0 unspecified atom stereocenters. The van der Waals surface area contributed by atoms with Crippen molar-refractivity contribution in [2.75, 3.05) is 19.7 Å². The Hall–Kier alpha value is -1.31. The molecule has 1 amide bonds. The highest BCUT2D eigenvalue weighted by atomic mass is 19.4. The Morgan fingerprint density at radius 2 is 1.74 bits per heavy atom. The normalized spacial score (nSPS) is 12.2. The lowest BCUT2D eigenvalue weighted by atomic mass is 10.2. The first-order chi connectivity index (χ1) is 8.47. The van der Waals surface area contributed by atoms with E-state index >= 15 is 0 Å². The van der Waals surface area contributed by atoms with Gasteiger partial charge in [-0.3, -0.25) is 9.59 Å². The molecule has 0 rings (SSSR count). The molecule has 0 aromatic heterocycles. The zero-order valence-electron chi connectivity index (χ0n) is 11.1. The van der Waals surface area contributed by atoms with Gasteiger partial charge in [-0.25, -0.2) is 0 Å². The van der Waals surface area contributed by atoms with E-state index in [4.69, 9.17) is 9.84 Å². The quantitative estimate of drug-likeness (QED) is 0.768. The Bertz CT molecular complexity index is 323. The van der Waals surface area contributed by atoms with Crippen LogP contribution >= 0.6 is 0 Å². The summed E-state index contributed by atoms with van der Waals surface area (Å²) in [4.78, 5) is 22.8. The Labute approximate surface area is 109 Å². The highest BCUT2D eigenvalue weighted by molar-refractivity contribution is 5.85. The van der Waals surface area contributed by atoms with E-state index in [1.807, 2.05) is 0 Å². The lowest BCUT2D eigenvalue weighted by Gasteiger charge is -2.25. The van der Waals surface area contributed by atoms with Gasteiger partial charge < -0.3 is 14.7 Å². The molecule has 0 fully saturated rings. The van der Waals surface area contributed by atoms with E-state index in [2.05, 4.69) is 0 Å². The van der Waals surface area contributed by atoms with Crippen LogP contribution in [0.5, 0.6) is 0 Å². The molecular weight excluding hydrogens is 267 g/mol. The van der Waals surface area contributed by atoms with E-state index in [1.54, 1.807) is 20.8 Å². The first-order valence-corrected chi connectivity index (χ1v) is 5.66. The highest BCUT2D eigenvalue weighted by Gasteiger charge is 2.43. The van der Waals surface area contributed by atoms with E-state index in [1.165, 1.54) is 0 Å². The summed E-state index contributed by atoms with van der Waals surface area (Å²) in [5.74, 6) is -3.05. The largest absolute Gasteiger partial charge is 0.471 e. The minimum atomic E-state index is -5.06. The van der Waals surface area contributed by atoms with Gasteiger partial charge in [-0.1, -0.05) is 0 Å². The van der Waals surface area contributed by atoms with Crippen LogP contribution in [0.4, 0.5) is 13.2 Å². The third kappa shape index (κ3) is 7.66. The van der Waals surface area contributed by atoms with Crippen LogP contribution in [0.1, 0.15) is 27.2 Å².